The van der Waals surface area contributed by atoms with Crippen molar-refractivity contribution >= 4 is 17.5 Å². The van der Waals surface area contributed by atoms with Crippen LogP contribution in [0.2, 0.25) is 0 Å². The van der Waals surface area contributed by atoms with Crippen molar-refractivity contribution in [1.29, 1.82) is 0 Å². The van der Waals surface area contributed by atoms with Gasteiger partial charge < -0.3 is 15.0 Å². The molecule has 2 amide bonds. The highest BCUT2D eigenvalue weighted by Crippen LogP contribution is 2.26. The molecule has 0 saturated heterocycles. The predicted molar refractivity (Wildman–Crippen MR) is 97.2 cm³/mol. The first-order chi connectivity index (χ1) is 12.1. The molecule has 25 heavy (non-hydrogen) atoms. The number of methoxy groups -OCH3 is 1. The Morgan fingerprint density at radius 2 is 2.00 bits per heavy atom. The largest absolute Gasteiger partial charge is 0.497 e. The minimum atomic E-state index is -0.251. The van der Waals surface area contributed by atoms with Gasteiger partial charge in [-0.2, -0.15) is 0 Å². The molecule has 0 bridgehead atoms. The number of benzene rings is 2. The van der Waals surface area contributed by atoms with Gasteiger partial charge in [0.2, 0.25) is 5.91 Å². The maximum Gasteiger partial charge on any atom is 0.251 e. The van der Waals surface area contributed by atoms with E-state index in [1.165, 1.54) is 5.56 Å². The maximum absolute atomic E-state index is 12.6. The van der Waals surface area contributed by atoms with Crippen LogP contribution in [0, 0.1) is 6.92 Å². The summed E-state index contributed by atoms with van der Waals surface area (Å²) in [6.45, 7) is 2.52. The number of rotatable bonds is 4. The zero-order valence-electron chi connectivity index (χ0n) is 14.5. The van der Waals surface area contributed by atoms with Crippen molar-refractivity contribution < 1.29 is 14.3 Å². The average Bonchev–Trinajstić information content (AvgIpc) is 2.65. The highest BCUT2D eigenvalue weighted by atomic mass is 16.5. The van der Waals surface area contributed by atoms with Crippen molar-refractivity contribution in [2.45, 2.75) is 19.8 Å². The number of hydrogen-bond acceptors (Lipinski definition) is 3. The molecule has 5 heteroatoms. The lowest BCUT2D eigenvalue weighted by atomic mass is 10.0. The molecule has 3 rings (SSSR count). The molecule has 1 aliphatic rings. The van der Waals surface area contributed by atoms with E-state index in [1.807, 2.05) is 31.2 Å². The second kappa shape index (κ2) is 7.38. The molecular weight excluding hydrogens is 316 g/mol. The van der Waals surface area contributed by atoms with E-state index in [1.54, 1.807) is 30.2 Å². The molecule has 0 saturated carbocycles. The van der Waals surface area contributed by atoms with E-state index in [9.17, 15) is 9.59 Å². The minimum Gasteiger partial charge on any atom is -0.497 e. The number of nitrogens with one attached hydrogen (secondary N) is 1. The van der Waals surface area contributed by atoms with Crippen LogP contribution in [0.1, 0.15) is 27.9 Å². The van der Waals surface area contributed by atoms with E-state index >= 15 is 0 Å². The number of nitrogens with zero attached hydrogens (tertiary/aromatic N) is 1. The Morgan fingerprint density at radius 3 is 2.76 bits per heavy atom. The van der Waals surface area contributed by atoms with Gasteiger partial charge in [0.05, 0.1) is 13.7 Å². The fraction of sp³-hybridized carbons (Fsp3) is 0.300. The van der Waals surface area contributed by atoms with E-state index < -0.39 is 0 Å². The van der Waals surface area contributed by atoms with Crippen LogP contribution in [-0.2, 0) is 11.2 Å². The van der Waals surface area contributed by atoms with Crippen molar-refractivity contribution in [3.63, 3.8) is 0 Å². The number of amides is 2. The first-order valence-electron chi connectivity index (χ1n) is 8.41. The molecule has 1 N–H and O–H groups in total. The molecule has 1 aliphatic heterocycles. The fourth-order valence-corrected chi connectivity index (χ4v) is 3.16. The zero-order chi connectivity index (χ0) is 17.8. The topological polar surface area (TPSA) is 58.6 Å². The van der Waals surface area contributed by atoms with Gasteiger partial charge in [-0.25, -0.2) is 0 Å². The van der Waals surface area contributed by atoms with Crippen LogP contribution >= 0.6 is 0 Å². The number of fused-ring (bicyclic) bond motifs is 1. The summed E-state index contributed by atoms with van der Waals surface area (Å²) in [4.78, 5) is 26.7. The van der Waals surface area contributed by atoms with Crippen molar-refractivity contribution in [2.24, 2.45) is 0 Å². The summed E-state index contributed by atoms with van der Waals surface area (Å²) in [7, 11) is 1.59. The number of hydrogen-bond donors (Lipinski definition) is 1. The summed E-state index contributed by atoms with van der Waals surface area (Å²) < 4.78 is 5.15. The lowest BCUT2D eigenvalue weighted by Gasteiger charge is -2.29. The van der Waals surface area contributed by atoms with E-state index in [0.29, 0.717) is 17.9 Å². The van der Waals surface area contributed by atoms with Crippen LogP contribution in [0.5, 0.6) is 5.75 Å². The van der Waals surface area contributed by atoms with Gasteiger partial charge in [0.25, 0.3) is 5.91 Å². The summed E-state index contributed by atoms with van der Waals surface area (Å²) >= 11 is 0. The predicted octanol–water partition coefficient (Wildman–Crippen LogP) is 2.71. The molecule has 0 radical (unpaired) electrons. The molecule has 0 atom stereocenters. The molecule has 0 aliphatic carbocycles. The number of aryl methyl sites for hydroxylation is 2. The van der Waals surface area contributed by atoms with Gasteiger partial charge in [-0.05, 0) is 55.2 Å². The van der Waals surface area contributed by atoms with Gasteiger partial charge in [-0.3, -0.25) is 9.59 Å². The van der Waals surface area contributed by atoms with Crippen LogP contribution in [0.15, 0.2) is 42.5 Å². The zero-order valence-corrected chi connectivity index (χ0v) is 14.5. The Labute approximate surface area is 147 Å². The third-order valence-corrected chi connectivity index (χ3v) is 4.49. The molecule has 130 valence electrons. The second-order valence-corrected chi connectivity index (χ2v) is 6.14. The fourth-order valence-electron chi connectivity index (χ4n) is 3.16. The third-order valence-electron chi connectivity index (χ3n) is 4.49. The Morgan fingerprint density at radius 1 is 1.20 bits per heavy atom. The Bertz CT molecular complexity index is 801. The van der Waals surface area contributed by atoms with Crippen molar-refractivity contribution in [1.82, 2.24) is 5.32 Å². The van der Waals surface area contributed by atoms with Gasteiger partial charge in [-0.15, -0.1) is 0 Å². The molecular formula is C20H22N2O3. The molecule has 2 aromatic carbocycles. The third kappa shape index (κ3) is 3.65. The highest BCUT2D eigenvalue weighted by molar-refractivity contribution is 6.01. The Hall–Kier alpha value is -2.82. The van der Waals surface area contributed by atoms with E-state index in [2.05, 4.69) is 5.32 Å². The van der Waals surface area contributed by atoms with Gasteiger partial charge in [0.15, 0.2) is 0 Å². The molecule has 0 aromatic heterocycles. The molecule has 0 fully saturated rings. The van der Waals surface area contributed by atoms with E-state index in [0.717, 1.165) is 24.1 Å². The van der Waals surface area contributed by atoms with Gasteiger partial charge in [0, 0.05) is 17.8 Å². The SMILES string of the molecule is COc1ccc(C(=O)NCC(=O)N2CCCc3ccccc32)c(C)c1. The van der Waals surface area contributed by atoms with E-state index in [4.69, 9.17) is 4.74 Å². The molecule has 0 unspecified atom stereocenters. The Kier molecular flexibility index (Phi) is 5.03. The monoisotopic (exact) mass is 338 g/mol. The first-order valence-corrected chi connectivity index (χ1v) is 8.41. The van der Waals surface area contributed by atoms with Crippen LogP contribution < -0.4 is 15.0 Å². The van der Waals surface area contributed by atoms with Crippen molar-refractivity contribution in [3.05, 3.63) is 59.2 Å². The van der Waals surface area contributed by atoms with Crippen molar-refractivity contribution in [3.8, 4) is 5.75 Å². The normalized spacial score (nSPS) is 13.1. The molecule has 2 aromatic rings. The average molecular weight is 338 g/mol. The lowest BCUT2D eigenvalue weighted by Crippen LogP contribution is -2.42. The number of anilines is 1. The summed E-state index contributed by atoms with van der Waals surface area (Å²) in [5, 5.41) is 2.73. The summed E-state index contributed by atoms with van der Waals surface area (Å²) in [5.74, 6) is 0.362. The quantitative estimate of drug-likeness (QED) is 0.932. The van der Waals surface area contributed by atoms with Crippen LogP contribution in [-0.4, -0.2) is 32.0 Å². The highest BCUT2D eigenvalue weighted by Gasteiger charge is 2.22. The smallest absolute Gasteiger partial charge is 0.251 e. The number of para-hydroxylation sites is 1. The maximum atomic E-state index is 12.6. The lowest BCUT2D eigenvalue weighted by molar-refractivity contribution is -0.117. The minimum absolute atomic E-state index is 0.0152. The summed E-state index contributed by atoms with van der Waals surface area (Å²) in [6.07, 6.45) is 1.92. The number of ether oxygens (including phenoxy) is 1. The van der Waals surface area contributed by atoms with Gasteiger partial charge in [-0.1, -0.05) is 18.2 Å². The summed E-state index contributed by atoms with van der Waals surface area (Å²) in [6, 6.07) is 13.2. The Balaban J connectivity index is 1.66. The molecule has 5 nitrogen and oxygen atoms in total. The molecule has 1 heterocycles. The van der Waals surface area contributed by atoms with E-state index in [-0.39, 0.29) is 18.4 Å². The van der Waals surface area contributed by atoms with Gasteiger partial charge in [0.1, 0.15) is 5.75 Å². The number of carbonyl (C=O) groups excluding carboxylic acids is 2. The first kappa shape index (κ1) is 17.0. The summed E-state index contributed by atoms with van der Waals surface area (Å²) in [5.41, 5.74) is 3.49. The second-order valence-electron chi connectivity index (χ2n) is 6.14. The van der Waals surface area contributed by atoms with Crippen LogP contribution in [0.3, 0.4) is 0 Å². The van der Waals surface area contributed by atoms with Gasteiger partial charge >= 0.3 is 0 Å². The standard InChI is InChI=1S/C20H22N2O3/c1-14-12-16(25-2)9-10-17(14)20(24)21-13-19(23)22-11-5-7-15-6-3-4-8-18(15)22/h3-4,6,8-10,12H,5,7,11,13H2,1-2H3,(H,21,24). The number of carbonyl (C=O) groups is 2. The van der Waals surface area contributed by atoms with Crippen LogP contribution in [0.25, 0.3) is 0 Å². The van der Waals surface area contributed by atoms with Crippen LogP contribution in [0.4, 0.5) is 5.69 Å². The molecule has 0 spiro atoms. The van der Waals surface area contributed by atoms with Crippen molar-refractivity contribution in [2.75, 3.05) is 25.1 Å².